The highest BCUT2D eigenvalue weighted by atomic mass is 19.1. The lowest BCUT2D eigenvalue weighted by Gasteiger charge is -2.08. The van der Waals surface area contributed by atoms with Gasteiger partial charge in [-0.1, -0.05) is 12.1 Å². The number of hydrogen-bond donors (Lipinski definition) is 1. The molecule has 0 spiro atoms. The summed E-state index contributed by atoms with van der Waals surface area (Å²) in [4.78, 5) is 14.5. The number of esters is 1. The number of hydrogen-bond acceptors (Lipinski definition) is 3. The second-order valence-electron chi connectivity index (χ2n) is 3.81. The zero-order chi connectivity index (χ0) is 13.8. The smallest absolute Gasteiger partial charge is 0.343 e. The Morgan fingerprint density at radius 3 is 2.74 bits per heavy atom. The van der Waals surface area contributed by atoms with Crippen LogP contribution in [-0.2, 0) is 4.74 Å². The highest BCUT2D eigenvalue weighted by Crippen LogP contribution is 2.34. The van der Waals surface area contributed by atoms with Gasteiger partial charge in [-0.25, -0.2) is 9.18 Å². The largest absolute Gasteiger partial charge is 0.491 e. The quantitative estimate of drug-likeness (QED) is 0.863. The van der Waals surface area contributed by atoms with Crippen molar-refractivity contribution in [3.8, 4) is 17.0 Å². The third kappa shape index (κ3) is 2.45. The summed E-state index contributed by atoms with van der Waals surface area (Å²) < 4.78 is 23.9. The normalized spacial score (nSPS) is 10.3. The van der Waals surface area contributed by atoms with Crippen LogP contribution in [0.5, 0.6) is 5.75 Å². The fourth-order valence-electron chi connectivity index (χ4n) is 1.83. The van der Waals surface area contributed by atoms with Crippen molar-refractivity contribution in [2.45, 2.75) is 6.92 Å². The summed E-state index contributed by atoms with van der Waals surface area (Å²) in [6.07, 6.45) is 1.46. The van der Waals surface area contributed by atoms with Crippen LogP contribution in [0.1, 0.15) is 17.3 Å². The molecule has 100 valence electrons. The Hall–Kier alpha value is -2.30. The topological polar surface area (TPSA) is 51.3 Å². The fraction of sp³-hybridized carbons (Fsp3) is 0.214. The van der Waals surface area contributed by atoms with E-state index in [1.807, 2.05) is 0 Å². The van der Waals surface area contributed by atoms with Crippen LogP contribution in [-0.4, -0.2) is 24.7 Å². The molecule has 0 bridgehead atoms. The van der Waals surface area contributed by atoms with E-state index in [2.05, 4.69) is 9.72 Å². The molecule has 1 N–H and O–H groups in total. The van der Waals surface area contributed by atoms with E-state index in [1.165, 1.54) is 19.4 Å². The van der Waals surface area contributed by atoms with Gasteiger partial charge in [0.2, 0.25) is 0 Å². The molecule has 0 aliphatic carbocycles. The maximum Gasteiger partial charge on any atom is 0.343 e. The van der Waals surface area contributed by atoms with Gasteiger partial charge in [0, 0.05) is 11.8 Å². The highest BCUT2D eigenvalue weighted by Gasteiger charge is 2.21. The van der Waals surface area contributed by atoms with Gasteiger partial charge < -0.3 is 14.5 Å². The standard InChI is InChI=1S/C14H14FNO3/c1-3-19-13-10(14(17)18-2)8-16-12(13)9-6-4-5-7-11(9)15/h4-8,16H,3H2,1-2H3. The maximum absolute atomic E-state index is 13.8. The zero-order valence-electron chi connectivity index (χ0n) is 10.7. The third-order valence-electron chi connectivity index (χ3n) is 2.67. The van der Waals surface area contributed by atoms with Crippen molar-refractivity contribution >= 4 is 5.97 Å². The predicted octanol–water partition coefficient (Wildman–Crippen LogP) is 3.01. The summed E-state index contributed by atoms with van der Waals surface area (Å²) in [5, 5.41) is 0. The molecular weight excluding hydrogens is 249 g/mol. The molecule has 0 amide bonds. The Morgan fingerprint density at radius 1 is 1.37 bits per heavy atom. The molecule has 19 heavy (non-hydrogen) atoms. The lowest BCUT2D eigenvalue weighted by molar-refractivity contribution is 0.0597. The van der Waals surface area contributed by atoms with Crippen LogP contribution in [0.15, 0.2) is 30.5 Å². The van der Waals surface area contributed by atoms with Crippen LogP contribution in [0, 0.1) is 5.82 Å². The summed E-state index contributed by atoms with van der Waals surface area (Å²) in [7, 11) is 1.29. The summed E-state index contributed by atoms with van der Waals surface area (Å²) in [5.41, 5.74) is 1.03. The highest BCUT2D eigenvalue weighted by molar-refractivity contribution is 5.95. The fourth-order valence-corrected chi connectivity index (χ4v) is 1.83. The van der Waals surface area contributed by atoms with Crippen molar-refractivity contribution in [2.24, 2.45) is 0 Å². The van der Waals surface area contributed by atoms with Crippen molar-refractivity contribution < 1.29 is 18.7 Å². The summed E-state index contributed by atoms with van der Waals surface area (Å²) >= 11 is 0. The number of rotatable bonds is 4. The van der Waals surface area contributed by atoms with Gasteiger partial charge >= 0.3 is 5.97 Å². The number of carbonyl (C=O) groups excluding carboxylic acids is 1. The Labute approximate surface area is 110 Å². The van der Waals surface area contributed by atoms with Gasteiger partial charge in [0.05, 0.1) is 19.4 Å². The number of methoxy groups -OCH3 is 1. The Kier molecular flexibility index (Phi) is 3.85. The van der Waals surface area contributed by atoms with Gasteiger partial charge in [0.25, 0.3) is 0 Å². The number of aromatic amines is 1. The first kappa shape index (κ1) is 13.1. The Bertz CT molecular complexity index is 592. The predicted molar refractivity (Wildman–Crippen MR) is 68.7 cm³/mol. The molecule has 0 saturated carbocycles. The van der Waals surface area contributed by atoms with E-state index in [-0.39, 0.29) is 11.4 Å². The average Bonchev–Trinajstić information content (AvgIpc) is 2.82. The number of nitrogens with one attached hydrogen (secondary N) is 1. The van der Waals surface area contributed by atoms with Crippen molar-refractivity contribution in [3.63, 3.8) is 0 Å². The first-order valence-corrected chi connectivity index (χ1v) is 5.86. The Balaban J connectivity index is 2.55. The number of H-pyrrole nitrogens is 1. The molecule has 0 atom stereocenters. The molecule has 0 fully saturated rings. The maximum atomic E-state index is 13.8. The molecule has 0 aliphatic rings. The van der Waals surface area contributed by atoms with Crippen molar-refractivity contribution in [1.29, 1.82) is 0 Å². The van der Waals surface area contributed by atoms with Crippen LogP contribution in [0.2, 0.25) is 0 Å². The lowest BCUT2D eigenvalue weighted by Crippen LogP contribution is -2.03. The number of carbonyl (C=O) groups is 1. The van der Waals surface area contributed by atoms with Gasteiger partial charge in [-0.05, 0) is 19.1 Å². The van der Waals surface area contributed by atoms with Gasteiger partial charge in [-0.2, -0.15) is 0 Å². The van der Waals surface area contributed by atoms with Crippen molar-refractivity contribution in [2.75, 3.05) is 13.7 Å². The molecular formula is C14H14FNO3. The minimum Gasteiger partial charge on any atom is -0.491 e. The first-order chi connectivity index (χ1) is 9.19. The van der Waals surface area contributed by atoms with E-state index < -0.39 is 5.97 Å². The van der Waals surface area contributed by atoms with E-state index in [1.54, 1.807) is 25.1 Å². The summed E-state index contributed by atoms with van der Waals surface area (Å²) in [6, 6.07) is 6.28. The van der Waals surface area contributed by atoms with E-state index in [4.69, 9.17) is 4.74 Å². The van der Waals surface area contributed by atoms with Crippen LogP contribution < -0.4 is 4.74 Å². The number of halogens is 1. The molecule has 5 heteroatoms. The second kappa shape index (κ2) is 5.56. The van der Waals surface area contributed by atoms with Gasteiger partial charge in [-0.3, -0.25) is 0 Å². The molecule has 2 rings (SSSR count). The van der Waals surface area contributed by atoms with E-state index >= 15 is 0 Å². The van der Waals surface area contributed by atoms with E-state index in [0.29, 0.717) is 23.6 Å². The third-order valence-corrected chi connectivity index (χ3v) is 2.67. The molecule has 0 saturated heterocycles. The van der Waals surface area contributed by atoms with Gasteiger partial charge in [0.1, 0.15) is 11.4 Å². The van der Waals surface area contributed by atoms with Gasteiger partial charge in [-0.15, -0.1) is 0 Å². The van der Waals surface area contributed by atoms with E-state index in [9.17, 15) is 9.18 Å². The second-order valence-corrected chi connectivity index (χ2v) is 3.81. The number of benzene rings is 1. The minimum atomic E-state index is -0.526. The lowest BCUT2D eigenvalue weighted by atomic mass is 10.1. The summed E-state index contributed by atoms with van der Waals surface area (Å²) in [5.74, 6) is -0.608. The SMILES string of the molecule is CCOc1c(C(=O)OC)c[nH]c1-c1ccccc1F. The van der Waals surface area contributed by atoms with Crippen LogP contribution in [0.3, 0.4) is 0 Å². The van der Waals surface area contributed by atoms with E-state index in [0.717, 1.165) is 0 Å². The molecule has 1 aromatic heterocycles. The monoisotopic (exact) mass is 263 g/mol. The van der Waals surface area contributed by atoms with Gasteiger partial charge in [0.15, 0.2) is 5.75 Å². The van der Waals surface area contributed by atoms with Crippen LogP contribution in [0.4, 0.5) is 4.39 Å². The molecule has 1 aromatic carbocycles. The molecule has 0 unspecified atom stereocenters. The minimum absolute atomic E-state index is 0.252. The Morgan fingerprint density at radius 2 is 2.11 bits per heavy atom. The van der Waals surface area contributed by atoms with Crippen LogP contribution >= 0.6 is 0 Å². The molecule has 1 heterocycles. The molecule has 2 aromatic rings. The van der Waals surface area contributed by atoms with Crippen molar-refractivity contribution in [3.05, 3.63) is 41.8 Å². The number of ether oxygens (including phenoxy) is 2. The zero-order valence-corrected chi connectivity index (χ0v) is 10.7. The number of aromatic nitrogens is 1. The van der Waals surface area contributed by atoms with Crippen molar-refractivity contribution in [1.82, 2.24) is 4.98 Å². The average molecular weight is 263 g/mol. The van der Waals surface area contributed by atoms with Crippen LogP contribution in [0.25, 0.3) is 11.3 Å². The molecule has 0 aliphatic heterocycles. The molecule has 0 radical (unpaired) electrons. The summed E-state index contributed by atoms with van der Waals surface area (Å²) in [6.45, 7) is 2.16. The molecule has 4 nitrogen and oxygen atoms in total. The first-order valence-electron chi connectivity index (χ1n) is 5.86.